The lowest BCUT2D eigenvalue weighted by atomic mass is 10.0. The summed E-state index contributed by atoms with van der Waals surface area (Å²) in [6, 6.07) is 25.8. The molecule has 1 N–H and O–H groups in total. The van der Waals surface area contributed by atoms with Crippen molar-refractivity contribution in [3.8, 4) is 11.5 Å². The highest BCUT2D eigenvalue weighted by Crippen LogP contribution is 2.32. The highest BCUT2D eigenvalue weighted by Gasteiger charge is 2.34. The molecule has 256 valence electrons. The van der Waals surface area contributed by atoms with Crippen LogP contribution in [-0.2, 0) is 32.3 Å². The van der Waals surface area contributed by atoms with Crippen LogP contribution in [0.15, 0.2) is 84.9 Å². The number of pyridine rings is 1. The number of methoxy groups -OCH3 is 1. The largest absolute Gasteiger partial charge is 0.494 e. The maximum Gasteiger partial charge on any atom is 0.409 e. The minimum atomic E-state index is -1.17. The van der Waals surface area contributed by atoms with Gasteiger partial charge in [-0.25, -0.2) is 9.78 Å². The first-order chi connectivity index (χ1) is 23.9. The van der Waals surface area contributed by atoms with Gasteiger partial charge in [0.15, 0.2) is 0 Å². The molecule has 12 nitrogen and oxygen atoms in total. The van der Waals surface area contributed by atoms with Gasteiger partial charge in [0, 0.05) is 44.2 Å². The lowest BCUT2D eigenvalue weighted by molar-refractivity contribution is -0.157. The van der Waals surface area contributed by atoms with E-state index in [0.29, 0.717) is 22.4 Å². The van der Waals surface area contributed by atoms with E-state index in [-0.39, 0.29) is 64.7 Å². The lowest BCUT2D eigenvalue weighted by Crippen LogP contribution is -2.53. The molecule has 2 heterocycles. The summed E-state index contributed by atoms with van der Waals surface area (Å²) in [6.07, 6.45) is -0.449. The third kappa shape index (κ3) is 9.04. The molecule has 3 amide bonds. The molecule has 1 aromatic heterocycles. The number of nitrogens with zero attached hydrogens (tertiary/aromatic N) is 3. The molecular weight excluding hydrogens is 628 g/mol. The van der Waals surface area contributed by atoms with E-state index in [1.54, 1.807) is 24.0 Å². The molecule has 1 unspecified atom stereocenters. The summed E-state index contributed by atoms with van der Waals surface area (Å²) >= 11 is 0. The maximum atomic E-state index is 13.7. The number of nitrogens with one attached hydrogen (secondary N) is 1. The number of ether oxygens (including phenoxy) is 4. The standard InChI is InChI=1S/C37H40N4O8/c1-3-47-37(45)41-21-19-40(20-22-41)35(43)29(36(44)49-25-27-13-8-5-9-14-27)17-18-38-34(42)30-23-32(48-24-26-11-6-4-7-12-26)28-15-10-16-31(46-2)33(28)39-30/h4-16,23,29H,3,17-22,24-25H2,1-2H3,(H,38,42). The molecule has 49 heavy (non-hydrogen) atoms. The summed E-state index contributed by atoms with van der Waals surface area (Å²) in [5.41, 5.74) is 2.28. The lowest BCUT2D eigenvalue weighted by Gasteiger charge is -2.35. The summed E-state index contributed by atoms with van der Waals surface area (Å²) in [7, 11) is 1.53. The number of carbonyl (C=O) groups is 4. The van der Waals surface area contributed by atoms with Gasteiger partial charge >= 0.3 is 12.1 Å². The molecule has 1 saturated heterocycles. The van der Waals surface area contributed by atoms with Crippen LogP contribution in [0.1, 0.15) is 35.0 Å². The van der Waals surface area contributed by atoms with E-state index >= 15 is 0 Å². The molecule has 3 aromatic carbocycles. The van der Waals surface area contributed by atoms with Crippen LogP contribution in [0, 0.1) is 5.92 Å². The molecule has 1 atom stereocenters. The molecule has 5 rings (SSSR count). The maximum absolute atomic E-state index is 13.7. The van der Waals surface area contributed by atoms with Crippen LogP contribution in [0.4, 0.5) is 4.79 Å². The second-order valence-corrected chi connectivity index (χ2v) is 11.3. The van der Waals surface area contributed by atoms with E-state index in [4.69, 9.17) is 18.9 Å². The van der Waals surface area contributed by atoms with Crippen LogP contribution in [0.25, 0.3) is 10.9 Å². The Balaban J connectivity index is 1.29. The fraction of sp³-hybridized carbons (Fsp3) is 0.324. The number of piperazine rings is 1. The van der Waals surface area contributed by atoms with Gasteiger partial charge in [0.1, 0.15) is 41.8 Å². The first-order valence-corrected chi connectivity index (χ1v) is 16.2. The van der Waals surface area contributed by atoms with Crippen molar-refractivity contribution in [2.24, 2.45) is 5.92 Å². The number of rotatable bonds is 13. The first-order valence-electron chi connectivity index (χ1n) is 16.2. The highest BCUT2D eigenvalue weighted by molar-refractivity contribution is 5.99. The number of benzene rings is 3. The Morgan fingerprint density at radius 2 is 1.45 bits per heavy atom. The summed E-state index contributed by atoms with van der Waals surface area (Å²) in [4.78, 5) is 60.3. The smallest absolute Gasteiger partial charge is 0.409 e. The molecule has 0 saturated carbocycles. The average Bonchev–Trinajstić information content (AvgIpc) is 3.14. The summed E-state index contributed by atoms with van der Waals surface area (Å²) in [6.45, 7) is 3.28. The minimum Gasteiger partial charge on any atom is -0.494 e. The van der Waals surface area contributed by atoms with Crippen molar-refractivity contribution in [1.29, 1.82) is 0 Å². The van der Waals surface area contributed by atoms with Crippen molar-refractivity contribution in [3.63, 3.8) is 0 Å². The van der Waals surface area contributed by atoms with Gasteiger partial charge in [-0.1, -0.05) is 66.7 Å². The normalized spacial score (nSPS) is 13.3. The van der Waals surface area contributed by atoms with E-state index in [9.17, 15) is 19.2 Å². The van der Waals surface area contributed by atoms with Gasteiger partial charge < -0.3 is 34.1 Å². The molecular formula is C37H40N4O8. The third-order valence-corrected chi connectivity index (χ3v) is 8.10. The zero-order chi connectivity index (χ0) is 34.6. The van der Waals surface area contributed by atoms with Crippen LogP contribution in [0.3, 0.4) is 0 Å². The van der Waals surface area contributed by atoms with Crippen molar-refractivity contribution in [2.45, 2.75) is 26.6 Å². The van der Waals surface area contributed by atoms with Gasteiger partial charge in [-0.2, -0.15) is 0 Å². The minimum absolute atomic E-state index is 0.00104. The predicted molar refractivity (Wildman–Crippen MR) is 181 cm³/mol. The van der Waals surface area contributed by atoms with Crippen molar-refractivity contribution in [2.75, 3.05) is 46.4 Å². The third-order valence-electron chi connectivity index (χ3n) is 8.10. The van der Waals surface area contributed by atoms with Crippen LogP contribution in [0.5, 0.6) is 11.5 Å². The summed E-state index contributed by atoms with van der Waals surface area (Å²) in [5, 5.41) is 3.49. The highest BCUT2D eigenvalue weighted by atomic mass is 16.6. The Kier molecular flexibility index (Phi) is 12.0. The molecule has 0 aliphatic carbocycles. The van der Waals surface area contributed by atoms with E-state index in [0.717, 1.165) is 11.1 Å². The molecule has 0 bridgehead atoms. The van der Waals surface area contributed by atoms with E-state index in [2.05, 4.69) is 10.3 Å². The number of hydrogen-bond donors (Lipinski definition) is 1. The SMILES string of the molecule is CCOC(=O)N1CCN(C(=O)C(CCNC(=O)c2cc(OCc3ccccc3)c3cccc(OC)c3n2)C(=O)OCc2ccccc2)CC1. The quantitative estimate of drug-likeness (QED) is 0.160. The predicted octanol–water partition coefficient (Wildman–Crippen LogP) is 4.60. The zero-order valence-corrected chi connectivity index (χ0v) is 27.6. The number of esters is 1. The van der Waals surface area contributed by atoms with Crippen LogP contribution < -0.4 is 14.8 Å². The van der Waals surface area contributed by atoms with Crippen molar-refractivity contribution in [3.05, 3.63) is 102 Å². The van der Waals surface area contributed by atoms with Crippen molar-refractivity contribution in [1.82, 2.24) is 20.1 Å². The van der Waals surface area contributed by atoms with Crippen LogP contribution >= 0.6 is 0 Å². The molecule has 12 heteroatoms. The van der Waals surface area contributed by atoms with Crippen LogP contribution in [0.2, 0.25) is 0 Å². The molecule has 0 radical (unpaired) electrons. The number of para-hydroxylation sites is 1. The number of carbonyl (C=O) groups excluding carboxylic acids is 4. The number of amides is 3. The molecule has 1 aliphatic rings. The Hall–Kier alpha value is -5.65. The topological polar surface area (TPSA) is 137 Å². The van der Waals surface area contributed by atoms with Crippen LogP contribution in [-0.4, -0.2) is 85.1 Å². The second kappa shape index (κ2) is 17.0. The average molecular weight is 669 g/mol. The van der Waals surface area contributed by atoms with E-state index in [1.807, 2.05) is 72.8 Å². The Bertz CT molecular complexity index is 1740. The number of fused-ring (bicyclic) bond motifs is 1. The monoisotopic (exact) mass is 668 g/mol. The summed E-state index contributed by atoms with van der Waals surface area (Å²) < 4.78 is 22.3. The number of aromatic nitrogens is 1. The molecule has 0 spiro atoms. The van der Waals surface area contributed by atoms with Gasteiger partial charge in [0.05, 0.1) is 13.7 Å². The Labute approximate surface area is 284 Å². The Morgan fingerprint density at radius 1 is 0.796 bits per heavy atom. The molecule has 1 fully saturated rings. The van der Waals surface area contributed by atoms with E-state index < -0.39 is 29.8 Å². The Morgan fingerprint density at radius 3 is 2.10 bits per heavy atom. The summed E-state index contributed by atoms with van der Waals surface area (Å²) in [5.74, 6) is -1.87. The van der Waals surface area contributed by atoms with E-state index in [1.165, 1.54) is 12.0 Å². The molecule has 1 aliphatic heterocycles. The second-order valence-electron chi connectivity index (χ2n) is 11.3. The van der Waals surface area contributed by atoms with Gasteiger partial charge in [-0.15, -0.1) is 0 Å². The van der Waals surface area contributed by atoms with Gasteiger partial charge in [-0.05, 0) is 36.6 Å². The van der Waals surface area contributed by atoms with Gasteiger partial charge in [-0.3, -0.25) is 14.4 Å². The molecule has 4 aromatic rings. The van der Waals surface area contributed by atoms with Gasteiger partial charge in [0.25, 0.3) is 5.91 Å². The van der Waals surface area contributed by atoms with Gasteiger partial charge in [0.2, 0.25) is 5.91 Å². The fourth-order valence-corrected chi connectivity index (χ4v) is 5.46. The zero-order valence-electron chi connectivity index (χ0n) is 27.6. The fourth-order valence-electron chi connectivity index (χ4n) is 5.46. The first kappa shape index (κ1) is 34.7. The van der Waals surface area contributed by atoms with Crippen molar-refractivity contribution < 1.29 is 38.1 Å². The van der Waals surface area contributed by atoms with Crippen molar-refractivity contribution >= 4 is 34.8 Å². The number of hydrogen-bond acceptors (Lipinski definition) is 9.